The van der Waals surface area contributed by atoms with Crippen molar-refractivity contribution in [2.24, 2.45) is 4.99 Å². The molecule has 1 unspecified atom stereocenters. The van der Waals surface area contributed by atoms with E-state index in [-0.39, 0.29) is 6.04 Å². The van der Waals surface area contributed by atoms with Crippen LogP contribution in [0, 0.1) is 48.5 Å². The fourth-order valence-electron chi connectivity index (χ4n) is 11.6. The van der Waals surface area contributed by atoms with E-state index < -0.39 is 0 Å². The van der Waals surface area contributed by atoms with Gasteiger partial charge in [0, 0.05) is 63.0 Å². The van der Waals surface area contributed by atoms with Gasteiger partial charge in [-0.25, -0.2) is 0 Å². The normalized spacial score (nSPS) is 15.6. The summed E-state index contributed by atoms with van der Waals surface area (Å²) in [4.78, 5) is 9.36. The molecule has 4 nitrogen and oxygen atoms in total. The van der Waals surface area contributed by atoms with Crippen molar-refractivity contribution in [1.29, 1.82) is 0 Å². The molecule has 12 rings (SSSR count). The second-order valence-electron chi connectivity index (χ2n) is 18.8. The SMILES string of the molecule is CC1=NC=CC(n2c3ccc(-c4cc(C)c(C)c(C)c4)cc3c3cc4c5c(c32)CCc2cc3c6cc(-c7cc(C)c(C)c(C)c7)ccc6n(-c6ccnc(C)c6)c3c(c2-5)CC4)C1. The Balaban J connectivity index is 1.14. The third-order valence-electron chi connectivity index (χ3n) is 15.1. The third-order valence-corrected chi connectivity index (χ3v) is 15.1. The molecule has 1 atom stereocenters. The van der Waals surface area contributed by atoms with Crippen LogP contribution in [0.15, 0.2) is 108 Å². The number of aliphatic imine (C=N–C) groups is 1. The lowest BCUT2D eigenvalue weighted by atomic mass is 9.74. The van der Waals surface area contributed by atoms with Crippen LogP contribution >= 0.6 is 0 Å². The molecule has 6 aromatic carbocycles. The summed E-state index contributed by atoms with van der Waals surface area (Å²) in [5.74, 6) is 0. The zero-order chi connectivity index (χ0) is 42.3. The van der Waals surface area contributed by atoms with Gasteiger partial charge < -0.3 is 9.13 Å². The molecule has 0 radical (unpaired) electrons. The average Bonchev–Trinajstić information content (AvgIpc) is 3.78. The molecule has 304 valence electrons. The fraction of sp³-hybridized carbons (Fsp3) is 0.241. The van der Waals surface area contributed by atoms with E-state index in [1.165, 1.54) is 144 Å². The summed E-state index contributed by atoms with van der Waals surface area (Å²) in [5.41, 5.74) is 31.0. The maximum absolute atomic E-state index is 4.72. The highest BCUT2D eigenvalue weighted by molar-refractivity contribution is 6.16. The topological polar surface area (TPSA) is 35.1 Å². The lowest BCUT2D eigenvalue weighted by Gasteiger charge is -2.32. The van der Waals surface area contributed by atoms with E-state index in [4.69, 9.17) is 4.99 Å². The van der Waals surface area contributed by atoms with Gasteiger partial charge in [-0.3, -0.25) is 9.98 Å². The minimum Gasteiger partial charge on any atom is -0.333 e. The van der Waals surface area contributed by atoms with Gasteiger partial charge in [0.25, 0.3) is 0 Å². The van der Waals surface area contributed by atoms with E-state index in [2.05, 4.69) is 161 Å². The van der Waals surface area contributed by atoms with Crippen molar-refractivity contribution in [3.05, 3.63) is 165 Å². The number of aryl methyl sites for hydroxylation is 9. The highest BCUT2D eigenvalue weighted by Crippen LogP contribution is 2.52. The first-order chi connectivity index (χ1) is 30.0. The van der Waals surface area contributed by atoms with Crippen LogP contribution in [0.4, 0.5) is 0 Å². The van der Waals surface area contributed by atoms with Gasteiger partial charge >= 0.3 is 0 Å². The van der Waals surface area contributed by atoms with Crippen molar-refractivity contribution in [2.75, 3.05) is 0 Å². The van der Waals surface area contributed by atoms with Gasteiger partial charge in [0.15, 0.2) is 0 Å². The molecule has 1 aliphatic heterocycles. The minimum atomic E-state index is 0.205. The van der Waals surface area contributed by atoms with E-state index in [9.17, 15) is 0 Å². The number of hydrogen-bond acceptors (Lipinski definition) is 2. The second kappa shape index (κ2) is 13.5. The monoisotopic (exact) mass is 804 g/mol. The maximum atomic E-state index is 4.72. The largest absolute Gasteiger partial charge is 0.333 e. The van der Waals surface area contributed by atoms with E-state index in [0.717, 1.165) is 37.8 Å². The minimum absolute atomic E-state index is 0.205. The molecule has 4 heterocycles. The Morgan fingerprint density at radius 3 is 1.65 bits per heavy atom. The lowest BCUT2D eigenvalue weighted by Crippen LogP contribution is -2.18. The standard InChI is InChI=1S/C58H52N4/c1-31-21-43(22-32(2)37(31)7)39-11-15-53-49(27-39)51-29-41-9-14-48-56-42(10-13-47(55(41)56)57(51)61(53)45-17-19-59-35(5)25-45)30-52-50-28-40(44-23-33(3)38(8)34(4)24-44)12-16-54(50)62(58(48)52)46-18-20-60-36(6)26-46/h11-12,15-25,27-30,46H,9-10,13-14,26H2,1-8H3. The second-order valence-corrected chi connectivity index (χ2v) is 18.8. The highest BCUT2D eigenvalue weighted by Gasteiger charge is 2.34. The van der Waals surface area contributed by atoms with E-state index in [0.29, 0.717) is 0 Å². The molecular formula is C58H52N4. The Morgan fingerprint density at radius 1 is 0.516 bits per heavy atom. The molecule has 0 bridgehead atoms. The Kier molecular flexibility index (Phi) is 8.11. The van der Waals surface area contributed by atoms with Crippen LogP contribution < -0.4 is 0 Å². The third kappa shape index (κ3) is 5.38. The number of fused-ring (bicyclic) bond motifs is 8. The summed E-state index contributed by atoms with van der Waals surface area (Å²) in [6.07, 6.45) is 11.3. The molecule has 0 fully saturated rings. The van der Waals surface area contributed by atoms with Crippen molar-refractivity contribution >= 4 is 49.3 Å². The quantitative estimate of drug-likeness (QED) is 0.174. The molecule has 0 spiro atoms. The summed E-state index contributed by atoms with van der Waals surface area (Å²) < 4.78 is 5.25. The summed E-state index contributed by atoms with van der Waals surface area (Å²) >= 11 is 0. The molecule has 0 N–H and O–H groups in total. The van der Waals surface area contributed by atoms with Gasteiger partial charge in [0.2, 0.25) is 0 Å². The van der Waals surface area contributed by atoms with Gasteiger partial charge in [-0.15, -0.1) is 0 Å². The van der Waals surface area contributed by atoms with E-state index in [1.54, 1.807) is 0 Å². The number of aromatic nitrogens is 3. The van der Waals surface area contributed by atoms with Crippen molar-refractivity contribution in [3.63, 3.8) is 0 Å². The Bertz CT molecular complexity index is 3480. The molecule has 3 aromatic heterocycles. The van der Waals surface area contributed by atoms with Crippen LogP contribution in [0.3, 0.4) is 0 Å². The molecule has 0 amide bonds. The number of pyridine rings is 1. The first-order valence-electron chi connectivity index (χ1n) is 22.6. The Hall–Kier alpha value is -6.52. The fourth-order valence-corrected chi connectivity index (χ4v) is 11.6. The Labute approximate surface area is 364 Å². The predicted octanol–water partition coefficient (Wildman–Crippen LogP) is 14.6. The van der Waals surface area contributed by atoms with E-state index in [1.807, 2.05) is 12.4 Å². The molecule has 3 aliphatic rings. The van der Waals surface area contributed by atoms with Gasteiger partial charge in [0.05, 0.1) is 22.6 Å². The number of rotatable bonds is 4. The Morgan fingerprint density at radius 2 is 1.06 bits per heavy atom. The van der Waals surface area contributed by atoms with Gasteiger partial charge in [0.1, 0.15) is 0 Å². The van der Waals surface area contributed by atoms with Crippen LogP contribution in [-0.2, 0) is 25.7 Å². The molecule has 2 aliphatic carbocycles. The van der Waals surface area contributed by atoms with Crippen LogP contribution in [0.25, 0.3) is 82.7 Å². The van der Waals surface area contributed by atoms with Crippen LogP contribution in [0.1, 0.15) is 80.7 Å². The van der Waals surface area contributed by atoms with Gasteiger partial charge in [-0.05, 0) is 225 Å². The number of nitrogens with zero attached hydrogens (tertiary/aromatic N) is 4. The first-order valence-corrected chi connectivity index (χ1v) is 22.6. The van der Waals surface area contributed by atoms with Crippen molar-refractivity contribution in [2.45, 2.75) is 93.5 Å². The average molecular weight is 805 g/mol. The molecule has 0 saturated carbocycles. The van der Waals surface area contributed by atoms with E-state index >= 15 is 0 Å². The number of benzene rings is 6. The first kappa shape index (κ1) is 37.3. The van der Waals surface area contributed by atoms with Crippen LogP contribution in [0.5, 0.6) is 0 Å². The summed E-state index contributed by atoms with van der Waals surface area (Å²) in [6, 6.07) is 33.7. The molecule has 0 saturated heterocycles. The summed E-state index contributed by atoms with van der Waals surface area (Å²) in [7, 11) is 0. The predicted molar refractivity (Wildman–Crippen MR) is 262 cm³/mol. The molecule has 4 heteroatoms. The number of allylic oxidation sites excluding steroid dienone is 1. The van der Waals surface area contributed by atoms with Crippen LogP contribution in [0.2, 0.25) is 0 Å². The summed E-state index contributed by atoms with van der Waals surface area (Å²) in [5, 5.41) is 5.44. The zero-order valence-electron chi connectivity index (χ0n) is 37.2. The van der Waals surface area contributed by atoms with Crippen LogP contribution in [-0.4, -0.2) is 19.8 Å². The molecular weight excluding hydrogens is 753 g/mol. The van der Waals surface area contributed by atoms with Crippen molar-refractivity contribution < 1.29 is 0 Å². The highest BCUT2D eigenvalue weighted by atomic mass is 15.0. The van der Waals surface area contributed by atoms with Crippen molar-refractivity contribution in [3.8, 4) is 39.1 Å². The molecule has 62 heavy (non-hydrogen) atoms. The van der Waals surface area contributed by atoms with Gasteiger partial charge in [-0.1, -0.05) is 36.4 Å². The number of hydrogen-bond donors (Lipinski definition) is 0. The molecule has 9 aromatic rings. The maximum Gasteiger partial charge on any atom is 0.0592 e. The smallest absolute Gasteiger partial charge is 0.0592 e. The van der Waals surface area contributed by atoms with Gasteiger partial charge in [-0.2, -0.15) is 0 Å². The summed E-state index contributed by atoms with van der Waals surface area (Å²) in [6.45, 7) is 17.7. The van der Waals surface area contributed by atoms with Crippen molar-refractivity contribution in [1.82, 2.24) is 14.1 Å². The zero-order valence-corrected chi connectivity index (χ0v) is 37.2. The lowest BCUT2D eigenvalue weighted by molar-refractivity contribution is 0.657.